The highest BCUT2D eigenvalue weighted by molar-refractivity contribution is 4.48. The molecule has 11 heavy (non-hydrogen) atoms. The first kappa shape index (κ1) is 10.9. The number of ether oxygens (including phenoxy) is 1. The Morgan fingerprint density at radius 1 is 1.45 bits per heavy atom. The molecule has 0 saturated heterocycles. The van der Waals surface area contributed by atoms with Gasteiger partial charge in [0.25, 0.3) is 0 Å². The molecule has 2 unspecified atom stereocenters. The molecule has 3 heteroatoms. The summed E-state index contributed by atoms with van der Waals surface area (Å²) in [4.78, 5) is 0. The van der Waals surface area contributed by atoms with Gasteiger partial charge in [-0.05, 0) is 20.3 Å². The summed E-state index contributed by atoms with van der Waals surface area (Å²) in [7, 11) is 0. The molecular formula is C8H19NO2. The molecule has 0 saturated carbocycles. The lowest BCUT2D eigenvalue weighted by atomic mass is 10.4. The molecule has 0 heterocycles. The van der Waals surface area contributed by atoms with Crippen molar-refractivity contribution in [1.29, 1.82) is 0 Å². The third kappa shape index (κ3) is 7.78. The average molecular weight is 161 g/mol. The van der Waals surface area contributed by atoms with Crippen molar-refractivity contribution in [2.75, 3.05) is 6.61 Å². The lowest BCUT2D eigenvalue weighted by molar-refractivity contribution is 0.0000659. The highest BCUT2D eigenvalue weighted by Gasteiger charge is 2.02. The van der Waals surface area contributed by atoms with Crippen LogP contribution in [0, 0.1) is 0 Å². The summed E-state index contributed by atoms with van der Waals surface area (Å²) in [6, 6.07) is 0. The summed E-state index contributed by atoms with van der Waals surface area (Å²) in [5.74, 6) is 0. The van der Waals surface area contributed by atoms with E-state index in [1.165, 1.54) is 0 Å². The van der Waals surface area contributed by atoms with Gasteiger partial charge in [0.1, 0.15) is 12.5 Å². The fourth-order valence-corrected chi connectivity index (χ4v) is 0.792. The summed E-state index contributed by atoms with van der Waals surface area (Å²) in [5, 5.41) is 11.7. The molecule has 2 N–H and O–H groups in total. The monoisotopic (exact) mass is 161 g/mol. The van der Waals surface area contributed by atoms with Crippen molar-refractivity contribution < 1.29 is 9.84 Å². The van der Waals surface area contributed by atoms with E-state index in [4.69, 9.17) is 9.84 Å². The third-order valence-electron chi connectivity index (χ3n) is 1.34. The van der Waals surface area contributed by atoms with E-state index in [0.717, 1.165) is 19.4 Å². The van der Waals surface area contributed by atoms with Gasteiger partial charge in [0, 0.05) is 6.61 Å². The molecule has 0 fully saturated rings. The summed E-state index contributed by atoms with van der Waals surface area (Å²) in [5.41, 5.74) is 0. The minimum atomic E-state index is -0.494. The minimum Gasteiger partial charge on any atom is -0.379 e. The normalized spacial score (nSPS) is 16.4. The van der Waals surface area contributed by atoms with Crippen LogP contribution in [0.1, 0.15) is 33.6 Å². The first-order valence-electron chi connectivity index (χ1n) is 4.22. The highest BCUT2D eigenvalue weighted by Crippen LogP contribution is 1.92. The van der Waals surface area contributed by atoms with Crippen molar-refractivity contribution >= 4 is 0 Å². The summed E-state index contributed by atoms with van der Waals surface area (Å²) >= 11 is 0. The van der Waals surface area contributed by atoms with Crippen molar-refractivity contribution in [1.82, 2.24) is 5.32 Å². The van der Waals surface area contributed by atoms with Crippen molar-refractivity contribution in [3.05, 3.63) is 0 Å². The Balaban J connectivity index is 3.15. The molecule has 0 aromatic carbocycles. The number of aliphatic hydroxyl groups is 1. The number of nitrogens with one attached hydrogen (secondary N) is 1. The number of rotatable bonds is 6. The van der Waals surface area contributed by atoms with Crippen LogP contribution in [0.4, 0.5) is 0 Å². The largest absolute Gasteiger partial charge is 0.379 e. The minimum absolute atomic E-state index is 0.0541. The summed E-state index contributed by atoms with van der Waals surface area (Å²) in [6.45, 7) is 6.45. The van der Waals surface area contributed by atoms with E-state index >= 15 is 0 Å². The Morgan fingerprint density at radius 3 is 2.55 bits per heavy atom. The Labute approximate surface area is 68.8 Å². The number of unbranched alkanes of at least 4 members (excludes halogenated alkanes) is 1. The van der Waals surface area contributed by atoms with Gasteiger partial charge in [-0.3, -0.25) is 5.32 Å². The number of aliphatic hydroxyl groups excluding tert-OH is 1. The molecular weight excluding hydrogens is 142 g/mol. The third-order valence-corrected chi connectivity index (χ3v) is 1.34. The van der Waals surface area contributed by atoms with Crippen molar-refractivity contribution in [3.8, 4) is 0 Å². The molecule has 0 aliphatic heterocycles. The first-order valence-corrected chi connectivity index (χ1v) is 4.22. The molecule has 0 radical (unpaired) electrons. The standard InChI is InChI=1S/C8H19NO2/c1-4-5-6-11-8(3)9-7(2)10/h7-10H,4-6H2,1-3H3. The van der Waals surface area contributed by atoms with Crippen LogP contribution in [0.2, 0.25) is 0 Å². The molecule has 68 valence electrons. The summed E-state index contributed by atoms with van der Waals surface area (Å²) in [6.07, 6.45) is 1.67. The maximum atomic E-state index is 8.89. The van der Waals surface area contributed by atoms with E-state index in [1.54, 1.807) is 6.92 Å². The molecule has 3 nitrogen and oxygen atoms in total. The predicted molar refractivity (Wildman–Crippen MR) is 45.1 cm³/mol. The van der Waals surface area contributed by atoms with Gasteiger partial charge < -0.3 is 9.84 Å². The summed E-state index contributed by atoms with van der Waals surface area (Å²) < 4.78 is 5.32. The molecule has 0 spiro atoms. The van der Waals surface area contributed by atoms with E-state index in [-0.39, 0.29) is 6.23 Å². The molecule has 0 aromatic rings. The fraction of sp³-hybridized carbons (Fsp3) is 1.00. The smallest absolute Gasteiger partial charge is 0.107 e. The Bertz CT molecular complexity index is 86.2. The van der Waals surface area contributed by atoms with Crippen molar-refractivity contribution in [2.24, 2.45) is 0 Å². The van der Waals surface area contributed by atoms with E-state index in [1.807, 2.05) is 6.92 Å². The topological polar surface area (TPSA) is 41.5 Å². The van der Waals surface area contributed by atoms with Crippen LogP contribution in [-0.2, 0) is 4.74 Å². The van der Waals surface area contributed by atoms with Gasteiger partial charge in [0.15, 0.2) is 0 Å². The van der Waals surface area contributed by atoms with Crippen LogP contribution in [0.15, 0.2) is 0 Å². The molecule has 0 aliphatic rings. The van der Waals surface area contributed by atoms with Crippen molar-refractivity contribution in [2.45, 2.75) is 46.1 Å². The van der Waals surface area contributed by atoms with Crippen LogP contribution < -0.4 is 5.32 Å². The maximum absolute atomic E-state index is 8.89. The van der Waals surface area contributed by atoms with Gasteiger partial charge in [-0.1, -0.05) is 13.3 Å². The van der Waals surface area contributed by atoms with Gasteiger partial charge in [0.05, 0.1) is 0 Å². The second kappa shape index (κ2) is 6.58. The fourth-order valence-electron chi connectivity index (χ4n) is 0.792. The molecule has 0 aliphatic carbocycles. The zero-order valence-electron chi connectivity index (χ0n) is 7.63. The van der Waals surface area contributed by atoms with Crippen LogP contribution in [0.25, 0.3) is 0 Å². The Kier molecular flexibility index (Phi) is 6.51. The Morgan fingerprint density at radius 2 is 2.09 bits per heavy atom. The van der Waals surface area contributed by atoms with Crippen LogP contribution in [-0.4, -0.2) is 24.2 Å². The molecule has 0 bridgehead atoms. The lowest BCUT2D eigenvalue weighted by Crippen LogP contribution is -2.36. The molecule has 2 atom stereocenters. The van der Waals surface area contributed by atoms with E-state index in [9.17, 15) is 0 Å². The van der Waals surface area contributed by atoms with Gasteiger partial charge in [-0.15, -0.1) is 0 Å². The van der Waals surface area contributed by atoms with Crippen LogP contribution in [0.5, 0.6) is 0 Å². The first-order chi connectivity index (χ1) is 5.16. The SMILES string of the molecule is CCCCOC(C)NC(C)O. The molecule has 0 rings (SSSR count). The van der Waals surface area contributed by atoms with E-state index < -0.39 is 6.23 Å². The van der Waals surface area contributed by atoms with E-state index in [2.05, 4.69) is 12.2 Å². The van der Waals surface area contributed by atoms with Crippen molar-refractivity contribution in [3.63, 3.8) is 0 Å². The second-order valence-corrected chi connectivity index (χ2v) is 2.71. The van der Waals surface area contributed by atoms with Crippen LogP contribution in [0.3, 0.4) is 0 Å². The van der Waals surface area contributed by atoms with Crippen LogP contribution >= 0.6 is 0 Å². The van der Waals surface area contributed by atoms with Gasteiger partial charge in [-0.25, -0.2) is 0 Å². The maximum Gasteiger partial charge on any atom is 0.107 e. The molecule has 0 amide bonds. The highest BCUT2D eigenvalue weighted by atomic mass is 16.5. The zero-order valence-corrected chi connectivity index (χ0v) is 7.63. The van der Waals surface area contributed by atoms with E-state index in [0.29, 0.717) is 0 Å². The average Bonchev–Trinajstić information content (AvgIpc) is 1.86. The quantitative estimate of drug-likeness (QED) is 0.452. The number of hydrogen-bond acceptors (Lipinski definition) is 3. The zero-order chi connectivity index (χ0) is 8.69. The Hall–Kier alpha value is -0.120. The van der Waals surface area contributed by atoms with Gasteiger partial charge in [-0.2, -0.15) is 0 Å². The van der Waals surface area contributed by atoms with Gasteiger partial charge in [0.2, 0.25) is 0 Å². The van der Waals surface area contributed by atoms with Gasteiger partial charge >= 0.3 is 0 Å². The molecule has 0 aromatic heterocycles. The second-order valence-electron chi connectivity index (χ2n) is 2.71. The number of hydrogen-bond donors (Lipinski definition) is 2. The lowest BCUT2D eigenvalue weighted by Gasteiger charge is -2.16. The predicted octanol–water partition coefficient (Wildman–Crippen LogP) is 1.08.